The Hall–Kier alpha value is -2.71. The highest BCUT2D eigenvalue weighted by atomic mass is 16.6. The lowest BCUT2D eigenvalue weighted by atomic mass is 9.82. The number of rotatable bonds is 6. The summed E-state index contributed by atoms with van der Waals surface area (Å²) in [6.07, 6.45) is 3.20. The second-order valence-corrected chi connectivity index (χ2v) is 6.71. The van der Waals surface area contributed by atoms with Crippen molar-refractivity contribution in [3.05, 3.63) is 35.9 Å². The average molecular weight is 374 g/mol. The first-order chi connectivity index (χ1) is 12.8. The molecule has 1 fully saturated rings. The number of hydrogen-bond donors (Lipinski definition) is 3. The minimum atomic E-state index is -1.80. The molecule has 0 aromatic heterocycles. The molecule has 2 amide bonds. The molecule has 2 aliphatic heterocycles. The van der Waals surface area contributed by atoms with E-state index in [2.05, 4.69) is 5.32 Å². The molecule has 1 saturated heterocycles. The van der Waals surface area contributed by atoms with Crippen LogP contribution < -0.4 is 10.2 Å². The molecular weight excluding hydrogens is 352 g/mol. The highest BCUT2D eigenvalue weighted by molar-refractivity contribution is 6.07. The molecule has 0 aliphatic carbocycles. The van der Waals surface area contributed by atoms with E-state index in [0.717, 1.165) is 0 Å². The number of β-lactam (4-membered cyclic amide) rings is 1. The van der Waals surface area contributed by atoms with Gasteiger partial charge in [0.2, 0.25) is 5.91 Å². The van der Waals surface area contributed by atoms with Crippen LogP contribution >= 0.6 is 0 Å². The first-order valence-electron chi connectivity index (χ1n) is 8.74. The van der Waals surface area contributed by atoms with Gasteiger partial charge in [0.05, 0.1) is 6.42 Å². The van der Waals surface area contributed by atoms with Gasteiger partial charge >= 0.3 is 5.97 Å². The number of amides is 2. The van der Waals surface area contributed by atoms with E-state index in [0.29, 0.717) is 23.4 Å². The maximum Gasteiger partial charge on any atom is 0.304 e. The van der Waals surface area contributed by atoms with Crippen molar-refractivity contribution in [3.8, 4) is 0 Å². The predicted octanol–water partition coefficient (Wildman–Crippen LogP) is 1.03. The van der Waals surface area contributed by atoms with Gasteiger partial charge in [-0.05, 0) is 24.6 Å². The van der Waals surface area contributed by atoms with Gasteiger partial charge in [-0.1, -0.05) is 19.1 Å². The zero-order valence-electron chi connectivity index (χ0n) is 15.1. The van der Waals surface area contributed by atoms with Gasteiger partial charge in [-0.3, -0.25) is 19.3 Å². The van der Waals surface area contributed by atoms with E-state index >= 15 is 0 Å². The van der Waals surface area contributed by atoms with E-state index < -0.39 is 29.6 Å². The lowest BCUT2D eigenvalue weighted by molar-refractivity contribution is -0.153. The molecule has 1 unspecified atom stereocenters. The first kappa shape index (κ1) is 19.1. The van der Waals surface area contributed by atoms with Gasteiger partial charge in [0, 0.05) is 36.4 Å². The molecule has 1 aromatic carbocycles. The van der Waals surface area contributed by atoms with Crippen LogP contribution in [-0.4, -0.2) is 40.8 Å². The number of esters is 1. The fourth-order valence-electron chi connectivity index (χ4n) is 3.40. The van der Waals surface area contributed by atoms with E-state index in [-0.39, 0.29) is 18.9 Å². The molecule has 0 spiro atoms. The molecule has 1 aromatic rings. The Balaban J connectivity index is 1.94. The third-order valence-corrected chi connectivity index (χ3v) is 4.87. The predicted molar refractivity (Wildman–Crippen MR) is 96.6 cm³/mol. The maximum atomic E-state index is 12.5. The summed E-state index contributed by atoms with van der Waals surface area (Å²) < 4.78 is 5.12. The van der Waals surface area contributed by atoms with Crippen LogP contribution in [0.3, 0.4) is 0 Å². The highest BCUT2D eigenvalue weighted by Gasteiger charge is 2.49. The molecule has 2 aliphatic rings. The van der Waals surface area contributed by atoms with Gasteiger partial charge < -0.3 is 20.3 Å². The van der Waals surface area contributed by atoms with Crippen molar-refractivity contribution in [1.29, 1.82) is 0 Å². The van der Waals surface area contributed by atoms with Crippen molar-refractivity contribution < 1.29 is 29.3 Å². The maximum absolute atomic E-state index is 12.5. The second-order valence-electron chi connectivity index (χ2n) is 6.71. The number of anilines is 2. The first-order valence-corrected chi connectivity index (χ1v) is 8.74. The van der Waals surface area contributed by atoms with Crippen LogP contribution in [-0.2, 0) is 24.7 Å². The fraction of sp³-hybridized carbons (Fsp3) is 0.421. The monoisotopic (exact) mass is 374 g/mol. The Morgan fingerprint density at radius 2 is 2.22 bits per heavy atom. The highest BCUT2D eigenvalue weighted by Crippen LogP contribution is 2.44. The summed E-state index contributed by atoms with van der Waals surface area (Å²) in [5.74, 6) is -1.81. The van der Waals surface area contributed by atoms with Crippen LogP contribution in [0.15, 0.2) is 30.4 Å². The molecular formula is C19H22N2O6. The van der Waals surface area contributed by atoms with Crippen molar-refractivity contribution in [3.63, 3.8) is 0 Å². The molecule has 0 bridgehead atoms. The van der Waals surface area contributed by atoms with Crippen molar-refractivity contribution in [2.75, 3.05) is 16.8 Å². The molecule has 0 radical (unpaired) electrons. The Morgan fingerprint density at radius 3 is 2.85 bits per heavy atom. The number of hydrogen-bond acceptors (Lipinski definition) is 6. The summed E-state index contributed by atoms with van der Waals surface area (Å²) >= 11 is 0. The Morgan fingerprint density at radius 1 is 1.48 bits per heavy atom. The summed E-state index contributed by atoms with van der Waals surface area (Å²) in [6, 6.07) is 4.81. The van der Waals surface area contributed by atoms with Gasteiger partial charge in [-0.25, -0.2) is 0 Å². The van der Waals surface area contributed by atoms with Crippen molar-refractivity contribution in [1.82, 2.24) is 0 Å². The number of nitrogens with zero attached hydrogens (tertiary/aromatic N) is 1. The molecule has 27 heavy (non-hydrogen) atoms. The number of ether oxygens (including phenoxy) is 1. The minimum Gasteiger partial charge on any atom is -0.441 e. The van der Waals surface area contributed by atoms with Crippen LogP contribution in [0.1, 0.15) is 32.3 Å². The van der Waals surface area contributed by atoms with Gasteiger partial charge in [0.15, 0.2) is 11.8 Å². The van der Waals surface area contributed by atoms with E-state index in [1.807, 2.05) is 0 Å². The Bertz CT molecular complexity index is 820. The SMILES string of the molecule is CC(=O)OC1CC(=O)N1c1ccc2c(c1)[C@](O)([C@@H](C)/C=C/CCO)C(=O)N2. The molecule has 3 atom stereocenters. The average Bonchev–Trinajstić information content (AvgIpc) is 2.86. The van der Waals surface area contributed by atoms with Gasteiger partial charge in [-0.15, -0.1) is 0 Å². The van der Waals surface area contributed by atoms with E-state index in [9.17, 15) is 19.5 Å². The normalized spacial score (nSPS) is 25.2. The summed E-state index contributed by atoms with van der Waals surface area (Å²) in [6.45, 7) is 2.94. The molecule has 2 heterocycles. The third-order valence-electron chi connectivity index (χ3n) is 4.87. The molecule has 144 valence electrons. The van der Waals surface area contributed by atoms with Crippen molar-refractivity contribution in [2.45, 2.75) is 38.5 Å². The van der Waals surface area contributed by atoms with E-state index in [1.165, 1.54) is 11.8 Å². The second kappa shape index (κ2) is 7.13. The molecule has 8 heteroatoms. The van der Waals surface area contributed by atoms with Crippen LogP contribution in [0.25, 0.3) is 0 Å². The Labute approximate surface area is 156 Å². The number of aliphatic hydroxyl groups is 2. The summed E-state index contributed by atoms with van der Waals surface area (Å²) in [4.78, 5) is 37.0. The zero-order chi connectivity index (χ0) is 19.8. The van der Waals surface area contributed by atoms with Crippen molar-refractivity contribution >= 4 is 29.2 Å². The summed E-state index contributed by atoms with van der Waals surface area (Å²) in [5.41, 5.74) is -0.543. The smallest absolute Gasteiger partial charge is 0.304 e. The van der Waals surface area contributed by atoms with Crippen LogP contribution in [0.4, 0.5) is 11.4 Å². The van der Waals surface area contributed by atoms with Crippen molar-refractivity contribution in [2.24, 2.45) is 5.92 Å². The topological polar surface area (TPSA) is 116 Å². The number of carbonyl (C=O) groups is 3. The number of fused-ring (bicyclic) bond motifs is 1. The van der Waals surface area contributed by atoms with Crippen LogP contribution in [0, 0.1) is 5.92 Å². The van der Waals surface area contributed by atoms with Gasteiger partial charge in [-0.2, -0.15) is 0 Å². The largest absolute Gasteiger partial charge is 0.441 e. The third kappa shape index (κ3) is 3.22. The fourth-order valence-corrected chi connectivity index (χ4v) is 3.40. The number of nitrogens with one attached hydrogen (secondary N) is 1. The summed E-state index contributed by atoms with van der Waals surface area (Å²) in [7, 11) is 0. The number of benzene rings is 1. The van der Waals surface area contributed by atoms with Crippen LogP contribution in [0.5, 0.6) is 0 Å². The van der Waals surface area contributed by atoms with Crippen LogP contribution in [0.2, 0.25) is 0 Å². The number of aliphatic hydroxyl groups excluding tert-OH is 1. The summed E-state index contributed by atoms with van der Waals surface area (Å²) in [5, 5.41) is 22.7. The zero-order valence-corrected chi connectivity index (χ0v) is 15.1. The lowest BCUT2D eigenvalue weighted by Crippen LogP contribution is -2.55. The van der Waals surface area contributed by atoms with E-state index in [4.69, 9.17) is 9.84 Å². The van der Waals surface area contributed by atoms with Gasteiger partial charge in [0.25, 0.3) is 5.91 Å². The lowest BCUT2D eigenvalue weighted by Gasteiger charge is -2.39. The van der Waals surface area contributed by atoms with E-state index in [1.54, 1.807) is 37.3 Å². The standard InChI is InChI=1S/C19H22N2O6/c1-11(5-3-4-8-22)19(26)14-9-13(6-7-15(14)20-18(19)25)21-16(24)10-17(21)27-12(2)23/h3,5-7,9,11,17,22,26H,4,8,10H2,1-2H3,(H,20,25)/b5-3+/t11-,17?,19+/m0/s1. The molecule has 3 N–H and O–H groups in total. The number of carbonyl (C=O) groups excluding carboxylic acids is 3. The molecule has 8 nitrogen and oxygen atoms in total. The molecule has 0 saturated carbocycles. The van der Waals surface area contributed by atoms with Gasteiger partial charge in [0.1, 0.15) is 0 Å². The Kier molecular flexibility index (Phi) is 5.03. The quantitative estimate of drug-likeness (QED) is 0.389. The molecule has 3 rings (SSSR count). The minimum absolute atomic E-state index is 0.0246.